The van der Waals surface area contributed by atoms with Crippen molar-refractivity contribution in [2.75, 3.05) is 20.8 Å². The predicted octanol–water partition coefficient (Wildman–Crippen LogP) is 1.49. The molecule has 1 amide bonds. The first kappa shape index (κ1) is 16.3. The number of methoxy groups -OCH3 is 2. The molecule has 0 aromatic heterocycles. The summed E-state index contributed by atoms with van der Waals surface area (Å²) in [6.45, 7) is 2.57. The number of nitrogens with two attached hydrogens (primary N) is 1. The number of carbonyl (C=O) groups excluding carboxylic acids is 1. The van der Waals surface area contributed by atoms with Crippen LogP contribution < -0.4 is 20.5 Å². The van der Waals surface area contributed by atoms with Gasteiger partial charge in [0.05, 0.1) is 20.3 Å². The lowest BCUT2D eigenvalue weighted by Gasteiger charge is -2.12. The summed E-state index contributed by atoms with van der Waals surface area (Å²) >= 11 is 0. The molecule has 0 radical (unpaired) electrons. The van der Waals surface area contributed by atoms with Gasteiger partial charge in [-0.1, -0.05) is 19.4 Å². The molecule has 20 heavy (non-hydrogen) atoms. The van der Waals surface area contributed by atoms with Crippen molar-refractivity contribution < 1.29 is 14.3 Å². The Morgan fingerprint density at radius 3 is 2.60 bits per heavy atom. The van der Waals surface area contributed by atoms with Crippen LogP contribution in [0.3, 0.4) is 0 Å². The van der Waals surface area contributed by atoms with Gasteiger partial charge in [0.15, 0.2) is 11.5 Å². The third kappa shape index (κ3) is 4.74. The monoisotopic (exact) mass is 280 g/mol. The van der Waals surface area contributed by atoms with E-state index in [1.807, 2.05) is 25.1 Å². The summed E-state index contributed by atoms with van der Waals surface area (Å²) < 4.78 is 10.4. The maximum atomic E-state index is 11.7. The number of benzene rings is 1. The number of carbonyl (C=O) groups is 1. The Morgan fingerprint density at radius 2 is 2.00 bits per heavy atom. The van der Waals surface area contributed by atoms with Crippen molar-refractivity contribution in [2.45, 2.75) is 32.2 Å². The van der Waals surface area contributed by atoms with Gasteiger partial charge in [0.1, 0.15) is 0 Å². The van der Waals surface area contributed by atoms with Gasteiger partial charge in [-0.15, -0.1) is 0 Å². The third-order valence-electron chi connectivity index (χ3n) is 3.10. The Kier molecular flexibility index (Phi) is 6.87. The maximum absolute atomic E-state index is 11.7. The number of amides is 1. The SMILES string of the molecule is CCCC(N)C(=O)NCCc1ccc(OC)c(OC)c1. The van der Waals surface area contributed by atoms with Crippen LogP contribution in [-0.4, -0.2) is 32.7 Å². The summed E-state index contributed by atoms with van der Waals surface area (Å²) in [4.78, 5) is 11.7. The molecular formula is C15H24N2O3. The van der Waals surface area contributed by atoms with Crippen LogP contribution in [0.2, 0.25) is 0 Å². The molecule has 0 saturated heterocycles. The fourth-order valence-electron chi connectivity index (χ4n) is 1.94. The number of nitrogens with one attached hydrogen (secondary N) is 1. The van der Waals surface area contributed by atoms with Gasteiger partial charge < -0.3 is 20.5 Å². The van der Waals surface area contributed by atoms with Crippen molar-refractivity contribution >= 4 is 5.91 Å². The Hall–Kier alpha value is -1.75. The predicted molar refractivity (Wildman–Crippen MR) is 79.1 cm³/mol. The van der Waals surface area contributed by atoms with Gasteiger partial charge in [-0.3, -0.25) is 4.79 Å². The van der Waals surface area contributed by atoms with E-state index in [1.54, 1.807) is 14.2 Å². The number of rotatable bonds is 8. The molecule has 5 heteroatoms. The quantitative estimate of drug-likeness (QED) is 0.756. The Labute approximate surface area is 120 Å². The average Bonchev–Trinajstić information content (AvgIpc) is 2.47. The van der Waals surface area contributed by atoms with Gasteiger partial charge in [0, 0.05) is 6.54 Å². The largest absolute Gasteiger partial charge is 0.493 e. The highest BCUT2D eigenvalue weighted by Crippen LogP contribution is 2.27. The second kappa shape index (κ2) is 8.43. The number of hydrogen-bond acceptors (Lipinski definition) is 4. The lowest BCUT2D eigenvalue weighted by molar-refractivity contribution is -0.122. The van der Waals surface area contributed by atoms with Crippen molar-refractivity contribution in [1.82, 2.24) is 5.32 Å². The molecule has 0 heterocycles. The van der Waals surface area contributed by atoms with Crippen molar-refractivity contribution in [3.05, 3.63) is 23.8 Å². The molecule has 0 fully saturated rings. The molecule has 0 bridgehead atoms. The second-order valence-corrected chi connectivity index (χ2v) is 4.63. The Balaban J connectivity index is 2.48. The molecule has 1 rings (SSSR count). The highest BCUT2D eigenvalue weighted by atomic mass is 16.5. The van der Waals surface area contributed by atoms with Crippen LogP contribution in [0.15, 0.2) is 18.2 Å². The van der Waals surface area contributed by atoms with Crippen LogP contribution in [0.5, 0.6) is 11.5 Å². The highest BCUT2D eigenvalue weighted by Gasteiger charge is 2.11. The van der Waals surface area contributed by atoms with Crippen LogP contribution in [0.25, 0.3) is 0 Å². The van der Waals surface area contributed by atoms with Crippen LogP contribution in [-0.2, 0) is 11.2 Å². The van der Waals surface area contributed by atoms with E-state index >= 15 is 0 Å². The first-order valence-corrected chi connectivity index (χ1v) is 6.86. The molecular weight excluding hydrogens is 256 g/mol. The van der Waals surface area contributed by atoms with Gasteiger partial charge >= 0.3 is 0 Å². The fraction of sp³-hybridized carbons (Fsp3) is 0.533. The Bertz CT molecular complexity index is 435. The number of ether oxygens (including phenoxy) is 2. The molecule has 1 unspecified atom stereocenters. The summed E-state index contributed by atoms with van der Waals surface area (Å²) in [5, 5.41) is 2.85. The summed E-state index contributed by atoms with van der Waals surface area (Å²) in [5.74, 6) is 1.30. The zero-order valence-electron chi connectivity index (χ0n) is 12.4. The molecule has 1 aromatic rings. The molecule has 0 spiro atoms. The summed E-state index contributed by atoms with van der Waals surface area (Å²) in [6.07, 6.45) is 2.34. The van der Waals surface area contributed by atoms with Crippen LogP contribution in [0.1, 0.15) is 25.3 Å². The first-order valence-electron chi connectivity index (χ1n) is 6.86. The molecule has 0 saturated carbocycles. The molecule has 3 N–H and O–H groups in total. The van der Waals surface area contributed by atoms with Crippen molar-refractivity contribution in [2.24, 2.45) is 5.73 Å². The van der Waals surface area contributed by atoms with E-state index < -0.39 is 6.04 Å². The van der Waals surface area contributed by atoms with Gasteiger partial charge in [0.2, 0.25) is 5.91 Å². The summed E-state index contributed by atoms with van der Waals surface area (Å²) in [5.41, 5.74) is 6.82. The summed E-state index contributed by atoms with van der Waals surface area (Å²) in [7, 11) is 3.21. The highest BCUT2D eigenvalue weighted by molar-refractivity contribution is 5.81. The summed E-state index contributed by atoms with van der Waals surface area (Å²) in [6, 6.07) is 5.32. The van der Waals surface area contributed by atoms with E-state index in [9.17, 15) is 4.79 Å². The fourth-order valence-corrected chi connectivity index (χ4v) is 1.94. The minimum Gasteiger partial charge on any atom is -0.493 e. The standard InChI is InChI=1S/C15H24N2O3/c1-4-5-12(16)15(18)17-9-8-11-6-7-13(19-2)14(10-11)20-3/h6-7,10,12H,4-5,8-9,16H2,1-3H3,(H,17,18). The maximum Gasteiger partial charge on any atom is 0.236 e. The zero-order chi connectivity index (χ0) is 15.0. The molecule has 1 atom stereocenters. The van der Waals surface area contributed by atoms with E-state index in [0.717, 1.165) is 18.4 Å². The van der Waals surface area contributed by atoms with E-state index in [2.05, 4.69) is 5.32 Å². The minimum atomic E-state index is -0.412. The molecule has 5 nitrogen and oxygen atoms in total. The average molecular weight is 280 g/mol. The molecule has 0 aliphatic rings. The topological polar surface area (TPSA) is 73.6 Å². The van der Waals surface area contributed by atoms with Crippen LogP contribution in [0, 0.1) is 0 Å². The lowest BCUT2D eigenvalue weighted by Crippen LogP contribution is -2.41. The molecule has 1 aromatic carbocycles. The van der Waals surface area contributed by atoms with Gasteiger partial charge in [0.25, 0.3) is 0 Å². The van der Waals surface area contributed by atoms with Crippen molar-refractivity contribution in [3.63, 3.8) is 0 Å². The van der Waals surface area contributed by atoms with Crippen LogP contribution in [0.4, 0.5) is 0 Å². The zero-order valence-corrected chi connectivity index (χ0v) is 12.4. The first-order chi connectivity index (χ1) is 9.62. The lowest BCUT2D eigenvalue weighted by atomic mass is 10.1. The minimum absolute atomic E-state index is 0.0904. The van der Waals surface area contributed by atoms with Crippen molar-refractivity contribution in [1.29, 1.82) is 0 Å². The molecule has 112 valence electrons. The van der Waals surface area contributed by atoms with Crippen LogP contribution >= 0.6 is 0 Å². The van der Waals surface area contributed by atoms with E-state index in [4.69, 9.17) is 15.2 Å². The molecule has 0 aliphatic carbocycles. The Morgan fingerprint density at radius 1 is 1.30 bits per heavy atom. The van der Waals surface area contributed by atoms with Gasteiger partial charge in [-0.05, 0) is 30.5 Å². The normalized spacial score (nSPS) is 11.8. The van der Waals surface area contributed by atoms with Gasteiger partial charge in [-0.25, -0.2) is 0 Å². The van der Waals surface area contributed by atoms with Gasteiger partial charge in [-0.2, -0.15) is 0 Å². The second-order valence-electron chi connectivity index (χ2n) is 4.63. The van der Waals surface area contributed by atoms with E-state index in [0.29, 0.717) is 24.5 Å². The number of hydrogen-bond donors (Lipinski definition) is 2. The van der Waals surface area contributed by atoms with E-state index in [-0.39, 0.29) is 5.91 Å². The smallest absolute Gasteiger partial charge is 0.236 e. The van der Waals surface area contributed by atoms with Crippen molar-refractivity contribution in [3.8, 4) is 11.5 Å². The third-order valence-corrected chi connectivity index (χ3v) is 3.10. The van der Waals surface area contributed by atoms with E-state index in [1.165, 1.54) is 0 Å². The molecule has 0 aliphatic heterocycles.